The first-order valence-corrected chi connectivity index (χ1v) is 8.54. The average molecular weight is 361 g/mol. The van der Waals surface area contributed by atoms with Gasteiger partial charge in [-0.1, -0.05) is 13.8 Å². The lowest BCUT2D eigenvalue weighted by molar-refractivity contribution is -0.116. The molecule has 0 unspecified atom stereocenters. The molecule has 2 aromatic rings. The van der Waals surface area contributed by atoms with E-state index in [1.807, 2.05) is 18.5 Å². The van der Waals surface area contributed by atoms with Crippen LogP contribution in [0.4, 0.5) is 10.1 Å². The van der Waals surface area contributed by atoms with Gasteiger partial charge < -0.3 is 10.4 Å². The largest absolute Gasteiger partial charge is 0.478 e. The third kappa shape index (κ3) is 4.68. The molecule has 6 nitrogen and oxygen atoms in total. The Labute approximate surface area is 152 Å². The van der Waals surface area contributed by atoms with E-state index in [0.29, 0.717) is 12.3 Å². The summed E-state index contributed by atoms with van der Waals surface area (Å²) in [7, 11) is 0. The summed E-state index contributed by atoms with van der Waals surface area (Å²) >= 11 is 0. The molecule has 0 aliphatic heterocycles. The number of aromatic nitrogens is 2. The molecule has 140 valence electrons. The van der Waals surface area contributed by atoms with E-state index in [9.17, 15) is 14.0 Å². The van der Waals surface area contributed by atoms with Crippen molar-refractivity contribution < 1.29 is 19.1 Å². The third-order valence-corrected chi connectivity index (χ3v) is 4.16. The smallest absolute Gasteiger partial charge is 0.335 e. The van der Waals surface area contributed by atoms with Gasteiger partial charge in [0.1, 0.15) is 5.82 Å². The Morgan fingerprint density at radius 2 is 2.00 bits per heavy atom. The van der Waals surface area contributed by atoms with Crippen molar-refractivity contribution in [1.82, 2.24) is 9.78 Å². The van der Waals surface area contributed by atoms with Crippen LogP contribution in [0.25, 0.3) is 0 Å². The number of rotatable bonds is 7. The van der Waals surface area contributed by atoms with Crippen LogP contribution in [0.1, 0.15) is 47.6 Å². The van der Waals surface area contributed by atoms with Crippen molar-refractivity contribution in [3.05, 3.63) is 46.5 Å². The standard InChI is InChI=1S/C19H24FN3O3/c1-11(2)10-23-13(4)15(12(3)22-23)6-8-18(24)21-17-9-14(19(25)26)5-7-16(17)20/h5,7,9,11H,6,8,10H2,1-4H3,(H,21,24)(H,25,26). The fraction of sp³-hybridized carbons (Fsp3) is 0.421. The molecule has 0 aliphatic carbocycles. The van der Waals surface area contributed by atoms with Crippen LogP contribution in [0.2, 0.25) is 0 Å². The molecular formula is C19H24FN3O3. The molecule has 1 aromatic carbocycles. The summed E-state index contributed by atoms with van der Waals surface area (Å²) in [5, 5.41) is 15.9. The summed E-state index contributed by atoms with van der Waals surface area (Å²) in [6.45, 7) is 8.93. The third-order valence-electron chi connectivity index (χ3n) is 4.16. The summed E-state index contributed by atoms with van der Waals surface area (Å²) in [5.74, 6) is -1.75. The molecule has 0 saturated heterocycles. The highest BCUT2D eigenvalue weighted by atomic mass is 19.1. The van der Waals surface area contributed by atoms with Gasteiger partial charge in [0.05, 0.1) is 16.9 Å². The van der Waals surface area contributed by atoms with Crippen LogP contribution in [-0.4, -0.2) is 26.8 Å². The number of nitrogens with one attached hydrogen (secondary N) is 1. The normalized spacial score (nSPS) is 11.0. The van der Waals surface area contributed by atoms with Crippen LogP contribution in [0.3, 0.4) is 0 Å². The minimum atomic E-state index is -1.18. The second-order valence-corrected chi connectivity index (χ2v) is 6.77. The van der Waals surface area contributed by atoms with E-state index in [1.165, 1.54) is 0 Å². The lowest BCUT2D eigenvalue weighted by Crippen LogP contribution is -2.14. The molecule has 1 aromatic heterocycles. The molecule has 26 heavy (non-hydrogen) atoms. The second-order valence-electron chi connectivity index (χ2n) is 6.77. The van der Waals surface area contributed by atoms with Gasteiger partial charge in [-0.3, -0.25) is 9.48 Å². The second kappa shape index (κ2) is 8.12. The zero-order valence-corrected chi connectivity index (χ0v) is 15.5. The van der Waals surface area contributed by atoms with Gasteiger partial charge in [-0.25, -0.2) is 9.18 Å². The van der Waals surface area contributed by atoms with Gasteiger partial charge in [0.25, 0.3) is 0 Å². The molecule has 0 spiro atoms. The van der Waals surface area contributed by atoms with Crippen LogP contribution in [-0.2, 0) is 17.8 Å². The summed E-state index contributed by atoms with van der Waals surface area (Å²) < 4.78 is 15.7. The molecule has 2 N–H and O–H groups in total. The van der Waals surface area contributed by atoms with Gasteiger partial charge in [0, 0.05) is 18.7 Å². The first-order chi connectivity index (χ1) is 12.2. The molecule has 1 heterocycles. The van der Waals surface area contributed by atoms with Crippen molar-refractivity contribution in [1.29, 1.82) is 0 Å². The number of carbonyl (C=O) groups excluding carboxylic acids is 1. The fourth-order valence-electron chi connectivity index (χ4n) is 2.82. The van der Waals surface area contributed by atoms with Gasteiger partial charge in [-0.05, 0) is 49.9 Å². The highest BCUT2D eigenvalue weighted by molar-refractivity contribution is 5.94. The lowest BCUT2D eigenvalue weighted by atomic mass is 10.1. The number of carboxylic acids is 1. The van der Waals surface area contributed by atoms with Crippen molar-refractivity contribution in [2.24, 2.45) is 5.92 Å². The summed E-state index contributed by atoms with van der Waals surface area (Å²) in [6, 6.07) is 3.30. The number of halogens is 1. The predicted octanol–water partition coefficient (Wildman–Crippen LogP) is 3.56. The number of anilines is 1. The van der Waals surface area contributed by atoms with Crippen molar-refractivity contribution in [2.45, 2.75) is 47.1 Å². The highest BCUT2D eigenvalue weighted by Gasteiger charge is 2.15. The van der Waals surface area contributed by atoms with Crippen LogP contribution in [0.15, 0.2) is 18.2 Å². The molecule has 0 radical (unpaired) electrons. The summed E-state index contributed by atoms with van der Waals surface area (Å²) in [5.41, 5.74) is 2.72. The monoisotopic (exact) mass is 361 g/mol. The van der Waals surface area contributed by atoms with E-state index in [-0.39, 0.29) is 23.6 Å². The molecule has 1 amide bonds. The Morgan fingerprint density at radius 3 is 2.62 bits per heavy atom. The first-order valence-electron chi connectivity index (χ1n) is 8.54. The van der Waals surface area contributed by atoms with Crippen molar-refractivity contribution in [2.75, 3.05) is 5.32 Å². The van der Waals surface area contributed by atoms with Crippen LogP contribution >= 0.6 is 0 Å². The van der Waals surface area contributed by atoms with Crippen molar-refractivity contribution in [3.8, 4) is 0 Å². The number of amides is 1. The number of aromatic carboxylic acids is 1. The van der Waals surface area contributed by atoms with E-state index in [2.05, 4.69) is 24.3 Å². The molecular weight excluding hydrogens is 337 g/mol. The molecule has 0 saturated carbocycles. The number of carboxylic acid groups (broad SMARTS) is 1. The molecule has 0 atom stereocenters. The number of aryl methyl sites for hydroxylation is 1. The fourth-order valence-corrected chi connectivity index (χ4v) is 2.82. The number of hydrogen-bond donors (Lipinski definition) is 2. The van der Waals surface area contributed by atoms with Gasteiger partial charge in [0.2, 0.25) is 5.91 Å². The molecule has 2 rings (SSSR count). The zero-order valence-electron chi connectivity index (χ0n) is 15.5. The maximum atomic E-state index is 13.8. The Balaban J connectivity index is 2.05. The quantitative estimate of drug-likeness (QED) is 0.790. The maximum Gasteiger partial charge on any atom is 0.335 e. The van der Waals surface area contributed by atoms with Gasteiger partial charge >= 0.3 is 5.97 Å². The van der Waals surface area contributed by atoms with E-state index in [1.54, 1.807) is 0 Å². The number of hydrogen-bond acceptors (Lipinski definition) is 3. The van der Waals surface area contributed by atoms with E-state index in [4.69, 9.17) is 5.11 Å². The SMILES string of the molecule is Cc1nn(CC(C)C)c(C)c1CCC(=O)Nc1cc(C(=O)O)ccc1F. The Hall–Kier alpha value is -2.70. The molecule has 0 fully saturated rings. The number of carbonyl (C=O) groups is 2. The minimum Gasteiger partial charge on any atom is -0.478 e. The molecule has 0 aliphatic rings. The topological polar surface area (TPSA) is 84.2 Å². The molecule has 7 heteroatoms. The van der Waals surface area contributed by atoms with E-state index in [0.717, 1.165) is 41.7 Å². The van der Waals surface area contributed by atoms with Gasteiger partial charge in [-0.15, -0.1) is 0 Å². The summed E-state index contributed by atoms with van der Waals surface area (Å²) in [6.07, 6.45) is 0.646. The maximum absolute atomic E-state index is 13.8. The Kier molecular flexibility index (Phi) is 6.13. The van der Waals surface area contributed by atoms with Gasteiger partial charge in [0.15, 0.2) is 0 Å². The van der Waals surface area contributed by atoms with Crippen LogP contribution < -0.4 is 5.32 Å². The van der Waals surface area contributed by atoms with Crippen LogP contribution in [0.5, 0.6) is 0 Å². The molecule has 0 bridgehead atoms. The van der Waals surface area contributed by atoms with Crippen molar-refractivity contribution >= 4 is 17.6 Å². The van der Waals surface area contributed by atoms with E-state index >= 15 is 0 Å². The highest BCUT2D eigenvalue weighted by Crippen LogP contribution is 2.19. The number of nitrogens with zero attached hydrogens (tertiary/aromatic N) is 2. The zero-order chi connectivity index (χ0) is 19.4. The average Bonchev–Trinajstić information content (AvgIpc) is 2.80. The van der Waals surface area contributed by atoms with Crippen molar-refractivity contribution in [3.63, 3.8) is 0 Å². The van der Waals surface area contributed by atoms with E-state index < -0.39 is 11.8 Å². The predicted molar refractivity (Wildman–Crippen MR) is 96.8 cm³/mol. The Bertz CT molecular complexity index is 828. The Morgan fingerprint density at radius 1 is 1.31 bits per heavy atom. The minimum absolute atomic E-state index is 0.0802. The number of benzene rings is 1. The lowest BCUT2D eigenvalue weighted by Gasteiger charge is -2.09. The van der Waals surface area contributed by atoms with Gasteiger partial charge in [-0.2, -0.15) is 5.10 Å². The van der Waals surface area contributed by atoms with Crippen LogP contribution in [0, 0.1) is 25.6 Å². The first kappa shape index (κ1) is 19.6. The summed E-state index contributed by atoms with van der Waals surface area (Å²) in [4.78, 5) is 23.1.